The topological polar surface area (TPSA) is 76.1 Å². The van der Waals surface area contributed by atoms with Crippen LogP contribution in [0.4, 0.5) is 5.69 Å². The molecule has 1 aromatic rings. The lowest BCUT2D eigenvalue weighted by atomic mass is 10.1. The molecular formula is C17H22N2O5S. The van der Waals surface area contributed by atoms with Crippen LogP contribution in [-0.4, -0.2) is 51.5 Å². The van der Waals surface area contributed by atoms with E-state index in [4.69, 9.17) is 9.47 Å². The van der Waals surface area contributed by atoms with Crippen LogP contribution in [0.2, 0.25) is 0 Å². The first-order valence-corrected chi connectivity index (χ1v) is 10.2. The second-order valence-electron chi connectivity index (χ2n) is 6.51. The number of sulfonamides is 1. The highest BCUT2D eigenvalue weighted by atomic mass is 32.2. The normalized spacial score (nSPS) is 23.4. The summed E-state index contributed by atoms with van der Waals surface area (Å²) < 4.78 is 38.8. The lowest BCUT2D eigenvalue weighted by molar-refractivity contribution is -0.256. The summed E-state index contributed by atoms with van der Waals surface area (Å²) in [6.07, 6.45) is 2.47. The Labute approximate surface area is 147 Å². The zero-order chi connectivity index (χ0) is 17.7. The second-order valence-corrected chi connectivity index (χ2v) is 8.44. The number of carbonyl (C=O) groups is 1. The van der Waals surface area contributed by atoms with Crippen LogP contribution in [0.3, 0.4) is 0 Å². The number of amides is 1. The third-order valence-corrected chi connectivity index (χ3v) is 6.95. The van der Waals surface area contributed by atoms with Crippen molar-refractivity contribution in [1.29, 1.82) is 0 Å². The zero-order valence-electron chi connectivity index (χ0n) is 14.2. The van der Waals surface area contributed by atoms with E-state index in [1.807, 2.05) is 6.92 Å². The molecule has 3 aliphatic heterocycles. The maximum Gasteiger partial charge on any atom is 0.292 e. The van der Waals surface area contributed by atoms with E-state index < -0.39 is 15.8 Å². The van der Waals surface area contributed by atoms with Gasteiger partial charge in [0.2, 0.25) is 10.0 Å². The minimum atomic E-state index is -3.56. The first kappa shape index (κ1) is 17.0. The maximum absolute atomic E-state index is 12.9. The predicted octanol–water partition coefficient (Wildman–Crippen LogP) is 1.43. The Morgan fingerprint density at radius 3 is 2.44 bits per heavy atom. The van der Waals surface area contributed by atoms with Crippen LogP contribution in [0.15, 0.2) is 23.1 Å². The van der Waals surface area contributed by atoms with Gasteiger partial charge < -0.3 is 14.4 Å². The third kappa shape index (κ3) is 2.43. The fraction of sp³-hybridized carbons (Fsp3) is 0.588. The highest BCUT2D eigenvalue weighted by Crippen LogP contribution is 2.46. The van der Waals surface area contributed by atoms with Gasteiger partial charge in [0.15, 0.2) is 0 Å². The molecule has 3 heterocycles. The van der Waals surface area contributed by atoms with E-state index >= 15 is 0 Å². The summed E-state index contributed by atoms with van der Waals surface area (Å²) in [7, 11) is -3.56. The Morgan fingerprint density at radius 1 is 1.12 bits per heavy atom. The average molecular weight is 366 g/mol. The number of likely N-dealkylation sites (N-methyl/N-ethyl adjacent to an activating group) is 1. The number of fused-ring (bicyclic) bond motifs is 2. The Balaban J connectivity index is 1.82. The van der Waals surface area contributed by atoms with Crippen LogP contribution in [0.1, 0.15) is 31.7 Å². The maximum atomic E-state index is 12.9. The molecule has 2 fully saturated rings. The summed E-state index contributed by atoms with van der Waals surface area (Å²) in [6.45, 7) is 4.24. The number of hydrogen-bond donors (Lipinski definition) is 0. The predicted molar refractivity (Wildman–Crippen MR) is 90.7 cm³/mol. The summed E-state index contributed by atoms with van der Waals surface area (Å²) in [6, 6.07) is 4.82. The monoisotopic (exact) mass is 366 g/mol. The fourth-order valence-electron chi connectivity index (χ4n) is 3.78. The molecule has 0 radical (unpaired) electrons. The van der Waals surface area contributed by atoms with E-state index in [9.17, 15) is 13.2 Å². The number of benzene rings is 1. The second kappa shape index (κ2) is 6.05. The molecule has 0 aromatic heterocycles. The van der Waals surface area contributed by atoms with E-state index in [0.29, 0.717) is 50.5 Å². The van der Waals surface area contributed by atoms with Gasteiger partial charge in [0, 0.05) is 25.2 Å². The van der Waals surface area contributed by atoms with Gasteiger partial charge in [-0.05, 0) is 44.4 Å². The van der Waals surface area contributed by atoms with E-state index in [1.165, 1.54) is 4.31 Å². The van der Waals surface area contributed by atoms with Crippen LogP contribution in [0.25, 0.3) is 0 Å². The van der Waals surface area contributed by atoms with Gasteiger partial charge in [-0.15, -0.1) is 0 Å². The molecule has 136 valence electrons. The molecule has 2 saturated heterocycles. The van der Waals surface area contributed by atoms with Crippen LogP contribution in [0.5, 0.6) is 0 Å². The first-order chi connectivity index (χ1) is 12.0. The van der Waals surface area contributed by atoms with Crippen molar-refractivity contribution in [1.82, 2.24) is 4.31 Å². The van der Waals surface area contributed by atoms with Gasteiger partial charge >= 0.3 is 0 Å². The first-order valence-electron chi connectivity index (χ1n) is 8.75. The molecule has 25 heavy (non-hydrogen) atoms. The lowest BCUT2D eigenvalue weighted by Gasteiger charge is -2.32. The van der Waals surface area contributed by atoms with Gasteiger partial charge in [-0.2, -0.15) is 4.31 Å². The molecule has 0 bridgehead atoms. The lowest BCUT2D eigenvalue weighted by Crippen LogP contribution is -2.47. The van der Waals surface area contributed by atoms with Gasteiger partial charge in [-0.25, -0.2) is 8.42 Å². The minimum absolute atomic E-state index is 0.191. The number of nitrogens with zero attached hydrogens (tertiary/aromatic N) is 2. The number of hydrogen-bond acceptors (Lipinski definition) is 5. The van der Waals surface area contributed by atoms with Crippen LogP contribution < -0.4 is 4.90 Å². The molecule has 7 nitrogen and oxygen atoms in total. The Morgan fingerprint density at radius 2 is 1.80 bits per heavy atom. The fourth-order valence-corrected chi connectivity index (χ4v) is 5.32. The Hall–Kier alpha value is -1.48. The number of rotatable bonds is 3. The van der Waals surface area contributed by atoms with E-state index in [2.05, 4.69) is 0 Å². The largest absolute Gasteiger partial charge is 0.338 e. The molecule has 1 aromatic carbocycles. The zero-order valence-corrected chi connectivity index (χ0v) is 15.0. The number of carbonyl (C=O) groups excluding carboxylic acids is 1. The molecule has 0 aliphatic carbocycles. The average Bonchev–Trinajstić information content (AvgIpc) is 3.24. The SMILES string of the molecule is CCN1C(=O)C2(OCCCO2)c2cc(S(=O)(=O)N3CCCC3)ccc21. The summed E-state index contributed by atoms with van der Waals surface area (Å²) in [4.78, 5) is 14.7. The van der Waals surface area contributed by atoms with Crippen molar-refractivity contribution in [2.45, 2.75) is 36.9 Å². The third-order valence-electron chi connectivity index (χ3n) is 5.06. The van der Waals surface area contributed by atoms with Gasteiger partial charge in [0.1, 0.15) is 0 Å². The minimum Gasteiger partial charge on any atom is -0.338 e. The molecule has 4 rings (SSSR count). The molecule has 0 unspecified atom stereocenters. The van der Waals surface area contributed by atoms with E-state index in [0.717, 1.165) is 12.8 Å². The number of anilines is 1. The Kier molecular flexibility index (Phi) is 4.10. The van der Waals surface area contributed by atoms with Gasteiger partial charge in [0.25, 0.3) is 11.7 Å². The van der Waals surface area contributed by atoms with Crippen molar-refractivity contribution in [3.63, 3.8) is 0 Å². The van der Waals surface area contributed by atoms with Crippen LogP contribution in [-0.2, 0) is 30.1 Å². The van der Waals surface area contributed by atoms with E-state index in [-0.39, 0.29) is 10.8 Å². The standard InChI is InChI=1S/C17H22N2O5S/c1-2-19-15-7-6-13(25(21,22)18-8-3-4-9-18)12-14(15)17(16(19)20)23-10-5-11-24-17/h6-7,12H,2-5,8-11H2,1H3. The van der Waals surface area contributed by atoms with Crippen molar-refractivity contribution >= 4 is 21.6 Å². The quantitative estimate of drug-likeness (QED) is 0.809. The summed E-state index contributed by atoms with van der Waals surface area (Å²) in [5.74, 6) is -1.78. The van der Waals surface area contributed by atoms with Crippen LogP contribution >= 0.6 is 0 Å². The highest BCUT2D eigenvalue weighted by molar-refractivity contribution is 7.89. The van der Waals surface area contributed by atoms with Crippen molar-refractivity contribution in [3.8, 4) is 0 Å². The molecule has 3 aliphatic rings. The number of ether oxygens (including phenoxy) is 2. The Bertz CT molecular complexity index is 795. The van der Waals surface area contributed by atoms with Crippen molar-refractivity contribution < 1.29 is 22.7 Å². The smallest absolute Gasteiger partial charge is 0.292 e. The summed E-state index contributed by atoms with van der Waals surface area (Å²) in [5, 5.41) is 0. The van der Waals surface area contributed by atoms with Crippen molar-refractivity contribution in [2.24, 2.45) is 0 Å². The molecule has 0 atom stereocenters. The highest BCUT2D eigenvalue weighted by Gasteiger charge is 2.55. The van der Waals surface area contributed by atoms with Gasteiger partial charge in [-0.3, -0.25) is 4.79 Å². The van der Waals surface area contributed by atoms with Crippen LogP contribution in [0, 0.1) is 0 Å². The van der Waals surface area contributed by atoms with Crippen molar-refractivity contribution in [2.75, 3.05) is 37.7 Å². The summed E-state index contributed by atoms with van der Waals surface area (Å²) in [5.41, 5.74) is 1.16. The molecule has 0 N–H and O–H groups in total. The molecule has 1 spiro atoms. The molecule has 0 saturated carbocycles. The van der Waals surface area contributed by atoms with Crippen molar-refractivity contribution in [3.05, 3.63) is 23.8 Å². The van der Waals surface area contributed by atoms with Gasteiger partial charge in [0.05, 0.1) is 23.8 Å². The molecule has 1 amide bonds. The molecular weight excluding hydrogens is 344 g/mol. The van der Waals surface area contributed by atoms with Gasteiger partial charge in [-0.1, -0.05) is 0 Å². The summed E-state index contributed by atoms with van der Waals surface area (Å²) >= 11 is 0. The van der Waals surface area contributed by atoms with E-state index in [1.54, 1.807) is 23.1 Å². The molecule has 8 heteroatoms.